The molecule has 1 unspecified atom stereocenters. The van der Waals surface area contributed by atoms with E-state index in [-0.39, 0.29) is 12.1 Å². The molecule has 1 amide bonds. The number of amides is 1. The van der Waals surface area contributed by atoms with Gasteiger partial charge in [-0.1, -0.05) is 6.07 Å². The van der Waals surface area contributed by atoms with Gasteiger partial charge in [0.05, 0.1) is 11.0 Å². The Morgan fingerprint density at radius 2 is 2.15 bits per heavy atom. The van der Waals surface area contributed by atoms with Gasteiger partial charge in [-0.25, -0.2) is 4.79 Å². The summed E-state index contributed by atoms with van der Waals surface area (Å²) < 4.78 is 1.50. The van der Waals surface area contributed by atoms with Crippen molar-refractivity contribution in [1.29, 1.82) is 0 Å². The summed E-state index contributed by atoms with van der Waals surface area (Å²) in [6.45, 7) is 0. The second-order valence-electron chi connectivity index (χ2n) is 5.75. The second kappa shape index (κ2) is 6.28. The van der Waals surface area contributed by atoms with Crippen LogP contribution >= 0.6 is 0 Å². The Morgan fingerprint density at radius 3 is 3.00 bits per heavy atom. The van der Waals surface area contributed by atoms with E-state index in [1.54, 1.807) is 36.7 Å². The Labute approximate surface area is 146 Å². The van der Waals surface area contributed by atoms with Crippen molar-refractivity contribution in [2.24, 2.45) is 0 Å². The van der Waals surface area contributed by atoms with E-state index in [2.05, 4.69) is 25.5 Å². The molecule has 3 N–H and O–H groups in total. The molecular formula is C17H14N6O3. The molecule has 4 rings (SSSR count). The number of rotatable bonds is 5. The maximum atomic E-state index is 12.6. The number of carboxylic acid groups (broad SMARTS) is 1. The van der Waals surface area contributed by atoms with E-state index in [1.807, 2.05) is 6.07 Å². The van der Waals surface area contributed by atoms with Crippen molar-refractivity contribution >= 4 is 28.6 Å². The fraction of sp³-hybridized carbons (Fsp3) is 0.118. The zero-order valence-corrected chi connectivity index (χ0v) is 13.5. The summed E-state index contributed by atoms with van der Waals surface area (Å²) in [5, 5.41) is 19.7. The van der Waals surface area contributed by atoms with Gasteiger partial charge in [0.2, 0.25) is 0 Å². The van der Waals surface area contributed by atoms with E-state index in [9.17, 15) is 14.7 Å². The monoisotopic (exact) mass is 350 g/mol. The van der Waals surface area contributed by atoms with Crippen LogP contribution < -0.4 is 5.32 Å². The molecule has 9 nitrogen and oxygen atoms in total. The summed E-state index contributed by atoms with van der Waals surface area (Å²) in [6.07, 6.45) is 4.86. The summed E-state index contributed by atoms with van der Waals surface area (Å²) in [4.78, 5) is 31.6. The minimum Gasteiger partial charge on any atom is -0.480 e. The lowest BCUT2D eigenvalue weighted by Gasteiger charge is -2.14. The molecule has 0 fully saturated rings. The highest BCUT2D eigenvalue weighted by atomic mass is 16.4. The highest BCUT2D eigenvalue weighted by Gasteiger charge is 2.24. The van der Waals surface area contributed by atoms with Gasteiger partial charge < -0.3 is 15.4 Å². The van der Waals surface area contributed by atoms with Gasteiger partial charge in [0.15, 0.2) is 5.65 Å². The summed E-state index contributed by atoms with van der Waals surface area (Å²) in [5.41, 5.74) is 2.98. The van der Waals surface area contributed by atoms with E-state index >= 15 is 0 Å². The van der Waals surface area contributed by atoms with Crippen molar-refractivity contribution in [3.63, 3.8) is 0 Å². The number of nitrogens with zero attached hydrogens (tertiary/aromatic N) is 4. The van der Waals surface area contributed by atoms with Crippen molar-refractivity contribution < 1.29 is 14.7 Å². The van der Waals surface area contributed by atoms with Gasteiger partial charge in [-0.3, -0.25) is 14.2 Å². The fourth-order valence-corrected chi connectivity index (χ4v) is 2.85. The zero-order valence-electron chi connectivity index (χ0n) is 13.5. The molecule has 0 aliphatic heterocycles. The van der Waals surface area contributed by atoms with Gasteiger partial charge in [-0.2, -0.15) is 0 Å². The number of aromatic nitrogens is 5. The fourth-order valence-electron chi connectivity index (χ4n) is 2.85. The number of hydrogen-bond acceptors (Lipinski definition) is 5. The van der Waals surface area contributed by atoms with Crippen LogP contribution in [0.25, 0.3) is 16.7 Å². The first-order valence-electron chi connectivity index (χ1n) is 7.87. The molecule has 4 heterocycles. The predicted molar refractivity (Wildman–Crippen MR) is 91.7 cm³/mol. The molecule has 0 saturated heterocycles. The molecule has 9 heteroatoms. The Balaban J connectivity index is 1.60. The van der Waals surface area contributed by atoms with E-state index < -0.39 is 17.9 Å². The van der Waals surface area contributed by atoms with Gasteiger partial charge in [0, 0.05) is 18.8 Å². The molecule has 4 aromatic heterocycles. The topological polar surface area (TPSA) is 125 Å². The smallest absolute Gasteiger partial charge is 0.326 e. The standard InChI is InChI=1S/C17H14N6O3/c24-16(13-4-1-5-14-22-20-9-23(13)14)21-12(17(25)26)7-10-8-19-11-3-2-6-18-15(10)11/h1-6,8-9,12,19H,7H2,(H,21,24)(H,25,26). The third-order valence-corrected chi connectivity index (χ3v) is 4.11. The van der Waals surface area contributed by atoms with E-state index in [0.29, 0.717) is 11.2 Å². The number of aliphatic carboxylic acids is 1. The van der Waals surface area contributed by atoms with Crippen LogP contribution in [0, 0.1) is 0 Å². The van der Waals surface area contributed by atoms with Crippen molar-refractivity contribution in [2.45, 2.75) is 12.5 Å². The molecule has 0 bridgehead atoms. The molecule has 26 heavy (non-hydrogen) atoms. The molecule has 0 spiro atoms. The lowest BCUT2D eigenvalue weighted by atomic mass is 10.1. The lowest BCUT2D eigenvalue weighted by molar-refractivity contribution is -0.139. The number of carbonyl (C=O) groups excluding carboxylic acids is 1. The highest BCUT2D eigenvalue weighted by Crippen LogP contribution is 2.17. The quantitative estimate of drug-likeness (QED) is 0.494. The number of H-pyrrole nitrogens is 1. The molecule has 130 valence electrons. The maximum absolute atomic E-state index is 12.6. The van der Waals surface area contributed by atoms with Crippen molar-refractivity contribution in [3.8, 4) is 0 Å². The van der Waals surface area contributed by atoms with Crippen LogP contribution in [0.3, 0.4) is 0 Å². The summed E-state index contributed by atoms with van der Waals surface area (Å²) in [6, 6.07) is 7.49. The average molecular weight is 350 g/mol. The lowest BCUT2D eigenvalue weighted by Crippen LogP contribution is -2.42. The Bertz CT molecular complexity index is 1120. The van der Waals surface area contributed by atoms with Crippen molar-refractivity contribution in [1.82, 2.24) is 29.9 Å². The van der Waals surface area contributed by atoms with Crippen LogP contribution in [-0.4, -0.2) is 47.6 Å². The Hall–Kier alpha value is -3.75. The minimum atomic E-state index is -1.13. The van der Waals surface area contributed by atoms with Gasteiger partial charge in [0.1, 0.15) is 18.1 Å². The van der Waals surface area contributed by atoms with Crippen LogP contribution in [0.1, 0.15) is 16.1 Å². The van der Waals surface area contributed by atoms with Gasteiger partial charge >= 0.3 is 5.97 Å². The first kappa shape index (κ1) is 15.8. The number of pyridine rings is 2. The summed E-state index contributed by atoms with van der Waals surface area (Å²) in [7, 11) is 0. The van der Waals surface area contributed by atoms with Crippen LogP contribution in [0.5, 0.6) is 0 Å². The molecule has 0 aliphatic carbocycles. The highest BCUT2D eigenvalue weighted by molar-refractivity contribution is 5.96. The van der Waals surface area contributed by atoms with Crippen LogP contribution in [0.4, 0.5) is 0 Å². The Kier molecular flexibility index (Phi) is 3.81. The van der Waals surface area contributed by atoms with E-state index in [4.69, 9.17) is 0 Å². The van der Waals surface area contributed by atoms with Gasteiger partial charge in [0.25, 0.3) is 5.91 Å². The summed E-state index contributed by atoms with van der Waals surface area (Å²) in [5.74, 6) is -1.64. The molecular weight excluding hydrogens is 336 g/mol. The third kappa shape index (κ3) is 2.75. The second-order valence-corrected chi connectivity index (χ2v) is 5.75. The zero-order chi connectivity index (χ0) is 18.1. The first-order chi connectivity index (χ1) is 12.6. The van der Waals surface area contributed by atoms with E-state index in [1.165, 1.54) is 10.7 Å². The number of hydrogen-bond donors (Lipinski definition) is 3. The van der Waals surface area contributed by atoms with Crippen molar-refractivity contribution in [2.75, 3.05) is 0 Å². The SMILES string of the molecule is O=C(NC(Cc1c[nH]c2cccnc12)C(=O)O)c1cccc2nncn12. The molecule has 0 aliphatic rings. The molecule has 1 atom stereocenters. The summed E-state index contributed by atoms with van der Waals surface area (Å²) >= 11 is 0. The number of fused-ring (bicyclic) bond motifs is 2. The predicted octanol–water partition coefficient (Wildman–Crippen LogP) is 1.03. The van der Waals surface area contributed by atoms with Crippen molar-refractivity contribution in [3.05, 3.63) is 60.3 Å². The van der Waals surface area contributed by atoms with Crippen LogP contribution in [0.15, 0.2) is 49.1 Å². The van der Waals surface area contributed by atoms with Crippen LogP contribution in [-0.2, 0) is 11.2 Å². The number of aromatic amines is 1. The minimum absolute atomic E-state index is 0.107. The molecule has 0 saturated carbocycles. The third-order valence-electron chi connectivity index (χ3n) is 4.11. The van der Waals surface area contributed by atoms with Crippen LogP contribution in [0.2, 0.25) is 0 Å². The normalized spacial score (nSPS) is 12.3. The molecule has 0 aromatic carbocycles. The number of carboxylic acids is 1. The van der Waals surface area contributed by atoms with E-state index in [0.717, 1.165) is 11.1 Å². The Morgan fingerprint density at radius 1 is 1.27 bits per heavy atom. The first-order valence-corrected chi connectivity index (χ1v) is 7.87. The van der Waals surface area contributed by atoms with Gasteiger partial charge in [-0.05, 0) is 29.8 Å². The van der Waals surface area contributed by atoms with Gasteiger partial charge in [-0.15, -0.1) is 10.2 Å². The maximum Gasteiger partial charge on any atom is 0.326 e. The average Bonchev–Trinajstić information content (AvgIpc) is 3.27. The largest absolute Gasteiger partial charge is 0.480 e. The molecule has 4 aromatic rings. The number of nitrogens with one attached hydrogen (secondary N) is 2. The molecule has 0 radical (unpaired) electrons. The number of carbonyl (C=O) groups is 2.